The van der Waals surface area contributed by atoms with Gasteiger partial charge in [-0.15, -0.1) is 0 Å². The number of carbonyl (C=O) groups is 2. The first-order valence-electron chi connectivity index (χ1n) is 8.23. The molecule has 0 aliphatic heterocycles. The molecule has 0 saturated heterocycles. The monoisotopic (exact) mass is 360 g/mol. The Hall–Kier alpha value is -2.83. The molecule has 1 heterocycles. The number of fused-ring (bicyclic) bond motifs is 1. The maximum Gasteiger partial charge on any atom is 0.408 e. The number of carbonyl (C=O) groups excluding carboxylic acids is 2. The highest BCUT2D eigenvalue weighted by atomic mass is 16.6. The van der Waals surface area contributed by atoms with Gasteiger partial charge in [-0.05, 0) is 44.5 Å². The van der Waals surface area contributed by atoms with Crippen molar-refractivity contribution in [2.75, 3.05) is 14.2 Å². The normalized spacial score (nSPS) is 12.3. The van der Waals surface area contributed by atoms with Gasteiger partial charge in [0.25, 0.3) is 0 Å². The molecule has 1 aromatic carbocycles. The first-order valence-corrected chi connectivity index (χ1v) is 8.23. The minimum absolute atomic E-state index is 0.272. The third-order valence-electron chi connectivity index (χ3n) is 3.55. The Morgan fingerprint density at radius 1 is 1.15 bits per heavy atom. The van der Waals surface area contributed by atoms with E-state index in [2.05, 4.69) is 10.3 Å². The summed E-state index contributed by atoms with van der Waals surface area (Å²) in [6, 6.07) is 8.41. The second-order valence-electron chi connectivity index (χ2n) is 6.81. The highest BCUT2D eigenvalue weighted by molar-refractivity contribution is 5.83. The Labute approximate surface area is 152 Å². The molecule has 0 aliphatic rings. The Balaban J connectivity index is 2.18. The molecule has 0 radical (unpaired) electrons. The standard InChI is InChI=1S/C19H24N2O5/c1-19(2,3)26-18(23)21-15(17(22)25-5)11-12-6-8-14-13(10-12)7-9-16(20-14)24-4/h6-10,15H,11H2,1-5H3,(H,21,23). The lowest BCUT2D eigenvalue weighted by Gasteiger charge is -2.22. The first-order chi connectivity index (χ1) is 12.2. The number of aromatic nitrogens is 1. The van der Waals surface area contributed by atoms with E-state index in [1.165, 1.54) is 7.11 Å². The summed E-state index contributed by atoms with van der Waals surface area (Å²) in [4.78, 5) is 28.4. The van der Waals surface area contributed by atoms with E-state index in [9.17, 15) is 9.59 Å². The highest BCUT2D eigenvalue weighted by Gasteiger charge is 2.25. The summed E-state index contributed by atoms with van der Waals surface area (Å²) in [5, 5.41) is 3.47. The molecular weight excluding hydrogens is 336 g/mol. The number of methoxy groups -OCH3 is 2. The molecule has 1 amide bonds. The summed E-state index contributed by atoms with van der Waals surface area (Å²) >= 11 is 0. The number of alkyl carbamates (subject to hydrolysis) is 1. The molecule has 7 nitrogen and oxygen atoms in total. The molecule has 2 rings (SSSR count). The van der Waals surface area contributed by atoms with E-state index < -0.39 is 23.7 Å². The molecule has 1 unspecified atom stereocenters. The van der Waals surface area contributed by atoms with Gasteiger partial charge < -0.3 is 19.5 Å². The first kappa shape index (κ1) is 19.5. The van der Waals surface area contributed by atoms with Crippen LogP contribution in [0.3, 0.4) is 0 Å². The van der Waals surface area contributed by atoms with E-state index in [0.717, 1.165) is 16.5 Å². The van der Waals surface area contributed by atoms with E-state index in [4.69, 9.17) is 14.2 Å². The van der Waals surface area contributed by atoms with Crippen LogP contribution in [-0.4, -0.2) is 42.9 Å². The summed E-state index contributed by atoms with van der Waals surface area (Å²) in [7, 11) is 2.84. The third-order valence-corrected chi connectivity index (χ3v) is 3.55. The highest BCUT2D eigenvalue weighted by Crippen LogP contribution is 2.19. The number of esters is 1. The predicted octanol–water partition coefficient (Wildman–Crippen LogP) is 2.85. The Bertz CT molecular complexity index is 798. The molecule has 0 bridgehead atoms. The second-order valence-corrected chi connectivity index (χ2v) is 6.81. The fourth-order valence-corrected chi connectivity index (χ4v) is 2.42. The van der Waals surface area contributed by atoms with Crippen LogP contribution in [0, 0.1) is 0 Å². The van der Waals surface area contributed by atoms with E-state index in [-0.39, 0.29) is 6.42 Å². The van der Waals surface area contributed by atoms with E-state index >= 15 is 0 Å². The van der Waals surface area contributed by atoms with Crippen LogP contribution in [0.4, 0.5) is 4.79 Å². The number of pyridine rings is 1. The average molecular weight is 360 g/mol. The Morgan fingerprint density at radius 3 is 2.50 bits per heavy atom. The summed E-state index contributed by atoms with van der Waals surface area (Å²) in [6.07, 6.45) is -0.395. The van der Waals surface area contributed by atoms with Crippen molar-refractivity contribution in [1.29, 1.82) is 0 Å². The summed E-state index contributed by atoms with van der Waals surface area (Å²) < 4.78 is 15.1. The Kier molecular flexibility index (Phi) is 6.02. The van der Waals surface area contributed by atoms with Gasteiger partial charge in [0.2, 0.25) is 5.88 Å². The number of amides is 1. The van der Waals surface area contributed by atoms with Crippen molar-refractivity contribution in [2.45, 2.75) is 38.8 Å². The van der Waals surface area contributed by atoms with Crippen molar-refractivity contribution >= 4 is 23.0 Å². The molecule has 140 valence electrons. The van der Waals surface area contributed by atoms with Gasteiger partial charge in [0, 0.05) is 17.9 Å². The van der Waals surface area contributed by atoms with Gasteiger partial charge in [-0.3, -0.25) is 0 Å². The van der Waals surface area contributed by atoms with Gasteiger partial charge in [-0.2, -0.15) is 0 Å². The van der Waals surface area contributed by atoms with Crippen LogP contribution in [-0.2, 0) is 20.7 Å². The number of nitrogens with one attached hydrogen (secondary N) is 1. The molecule has 0 aliphatic carbocycles. The maximum atomic E-state index is 12.0. The number of ether oxygens (including phenoxy) is 3. The van der Waals surface area contributed by atoms with Gasteiger partial charge in [-0.1, -0.05) is 6.07 Å². The lowest BCUT2D eigenvalue weighted by Crippen LogP contribution is -2.45. The SMILES string of the molecule is COC(=O)C(Cc1ccc2nc(OC)ccc2c1)NC(=O)OC(C)(C)C. The molecule has 0 fully saturated rings. The van der Waals surface area contributed by atoms with Crippen molar-refractivity contribution in [2.24, 2.45) is 0 Å². The van der Waals surface area contributed by atoms with Crippen molar-refractivity contribution < 1.29 is 23.8 Å². The van der Waals surface area contributed by atoms with Crippen LogP contribution in [0.2, 0.25) is 0 Å². The van der Waals surface area contributed by atoms with Crippen molar-refractivity contribution in [3.8, 4) is 5.88 Å². The fraction of sp³-hybridized carbons (Fsp3) is 0.421. The fourth-order valence-electron chi connectivity index (χ4n) is 2.42. The van der Waals surface area contributed by atoms with Crippen molar-refractivity contribution in [3.05, 3.63) is 35.9 Å². The van der Waals surface area contributed by atoms with Crippen LogP contribution < -0.4 is 10.1 Å². The molecule has 1 aromatic heterocycles. The summed E-state index contributed by atoms with van der Waals surface area (Å²) in [5.74, 6) is -0.00640. The van der Waals surface area contributed by atoms with Crippen LogP contribution in [0.15, 0.2) is 30.3 Å². The topological polar surface area (TPSA) is 86.8 Å². The van der Waals surface area contributed by atoms with Crippen molar-refractivity contribution in [1.82, 2.24) is 10.3 Å². The van der Waals surface area contributed by atoms with Crippen LogP contribution in [0.1, 0.15) is 26.3 Å². The third kappa shape index (κ3) is 5.34. The number of hydrogen-bond acceptors (Lipinski definition) is 6. The van der Waals surface area contributed by atoms with Gasteiger partial charge in [0.15, 0.2) is 0 Å². The lowest BCUT2D eigenvalue weighted by atomic mass is 10.0. The minimum atomic E-state index is -0.849. The molecule has 0 saturated carbocycles. The average Bonchev–Trinajstić information content (AvgIpc) is 2.58. The zero-order valence-electron chi connectivity index (χ0n) is 15.7. The van der Waals surface area contributed by atoms with Crippen LogP contribution >= 0.6 is 0 Å². The molecule has 1 N–H and O–H groups in total. The quantitative estimate of drug-likeness (QED) is 0.825. The molecule has 7 heteroatoms. The number of benzene rings is 1. The van der Waals surface area contributed by atoms with E-state index in [1.54, 1.807) is 33.9 Å². The second kappa shape index (κ2) is 8.03. The molecule has 2 aromatic rings. The van der Waals surface area contributed by atoms with Crippen molar-refractivity contribution in [3.63, 3.8) is 0 Å². The van der Waals surface area contributed by atoms with Gasteiger partial charge in [-0.25, -0.2) is 14.6 Å². The van der Waals surface area contributed by atoms with E-state index in [1.807, 2.05) is 24.3 Å². The number of hydrogen-bond donors (Lipinski definition) is 1. The van der Waals surface area contributed by atoms with E-state index in [0.29, 0.717) is 5.88 Å². The molecule has 0 spiro atoms. The predicted molar refractivity (Wildman–Crippen MR) is 97.2 cm³/mol. The zero-order chi connectivity index (χ0) is 19.3. The van der Waals surface area contributed by atoms with Gasteiger partial charge in [0.05, 0.1) is 19.7 Å². The summed E-state index contributed by atoms with van der Waals surface area (Å²) in [5.41, 5.74) is 0.983. The van der Waals surface area contributed by atoms with Gasteiger partial charge in [0.1, 0.15) is 11.6 Å². The maximum absolute atomic E-state index is 12.0. The largest absolute Gasteiger partial charge is 0.481 e. The van der Waals surface area contributed by atoms with Crippen LogP contribution in [0.25, 0.3) is 10.9 Å². The molecular formula is C19H24N2O5. The summed E-state index contributed by atoms with van der Waals surface area (Å²) in [6.45, 7) is 5.26. The number of rotatable bonds is 5. The molecule has 26 heavy (non-hydrogen) atoms. The Morgan fingerprint density at radius 2 is 1.88 bits per heavy atom. The van der Waals surface area contributed by atoms with Crippen LogP contribution in [0.5, 0.6) is 5.88 Å². The van der Waals surface area contributed by atoms with Gasteiger partial charge >= 0.3 is 12.1 Å². The molecule has 1 atom stereocenters. The zero-order valence-corrected chi connectivity index (χ0v) is 15.7. The number of nitrogens with zero attached hydrogens (tertiary/aromatic N) is 1. The lowest BCUT2D eigenvalue weighted by molar-refractivity contribution is -0.143. The minimum Gasteiger partial charge on any atom is -0.481 e. The smallest absolute Gasteiger partial charge is 0.408 e.